The van der Waals surface area contributed by atoms with Gasteiger partial charge in [-0.25, -0.2) is 12.8 Å². The Hall–Kier alpha value is -3.66. The second-order valence-electron chi connectivity index (χ2n) is 6.89. The molecule has 0 spiro atoms. The van der Waals surface area contributed by atoms with E-state index in [-0.39, 0.29) is 22.9 Å². The molecule has 4 rings (SSSR count). The van der Waals surface area contributed by atoms with Crippen LogP contribution in [0.25, 0.3) is 0 Å². The highest BCUT2D eigenvalue weighted by atomic mass is 32.2. The lowest BCUT2D eigenvalue weighted by molar-refractivity contribution is -0.119. The summed E-state index contributed by atoms with van der Waals surface area (Å²) < 4.78 is 52.6. The van der Waals surface area contributed by atoms with Crippen LogP contribution in [-0.2, 0) is 21.4 Å². The van der Waals surface area contributed by atoms with Crippen molar-refractivity contribution in [1.29, 1.82) is 0 Å². The van der Waals surface area contributed by atoms with E-state index in [0.29, 0.717) is 24.7 Å². The molecule has 1 aliphatic heterocycles. The number of benzene rings is 2. The third kappa shape index (κ3) is 4.80. The Balaban J connectivity index is 1.62. The highest BCUT2D eigenvalue weighted by molar-refractivity contribution is 7.92. The number of nitrogens with one attached hydrogen (secondary N) is 1. The zero-order valence-electron chi connectivity index (χ0n) is 16.9. The number of sulfonamides is 1. The van der Waals surface area contributed by atoms with Crippen molar-refractivity contribution in [3.05, 3.63) is 78.4 Å². The molecule has 0 atom stereocenters. The first kappa shape index (κ1) is 21.6. The molecule has 1 amide bonds. The van der Waals surface area contributed by atoms with Gasteiger partial charge in [-0.1, -0.05) is 12.1 Å². The third-order valence-corrected chi connectivity index (χ3v) is 6.45. The fraction of sp³-hybridized carbons (Fsp3) is 0.182. The van der Waals surface area contributed by atoms with Crippen molar-refractivity contribution in [2.24, 2.45) is 0 Å². The summed E-state index contributed by atoms with van der Waals surface area (Å²) in [6.45, 7) is 0.235. The lowest BCUT2D eigenvalue weighted by atomic mass is 10.3. The van der Waals surface area contributed by atoms with Gasteiger partial charge in [0.2, 0.25) is 5.91 Å². The minimum Gasteiger partial charge on any atom is -0.486 e. The average molecular weight is 457 g/mol. The number of halogens is 1. The van der Waals surface area contributed by atoms with Gasteiger partial charge in [0, 0.05) is 12.3 Å². The lowest BCUT2D eigenvalue weighted by Gasteiger charge is -2.25. The number of rotatable bonds is 7. The van der Waals surface area contributed by atoms with Crippen LogP contribution in [0.2, 0.25) is 0 Å². The second kappa shape index (κ2) is 9.23. The maximum Gasteiger partial charge on any atom is 0.264 e. The second-order valence-corrected chi connectivity index (χ2v) is 8.76. The molecule has 1 N–H and O–H groups in total. The van der Waals surface area contributed by atoms with E-state index < -0.39 is 28.3 Å². The zero-order chi connectivity index (χ0) is 22.6. The SMILES string of the molecule is O=C(CN(c1cccc(F)c1)S(=O)(=O)c1ccc2c(c1)OCCO2)NCc1ccccn1. The minimum atomic E-state index is -4.23. The largest absolute Gasteiger partial charge is 0.486 e. The molecule has 0 saturated heterocycles. The number of fused-ring (bicyclic) bond motifs is 1. The van der Waals surface area contributed by atoms with Crippen molar-refractivity contribution in [3.8, 4) is 11.5 Å². The van der Waals surface area contributed by atoms with E-state index in [0.717, 1.165) is 10.4 Å². The first-order valence-electron chi connectivity index (χ1n) is 9.78. The van der Waals surface area contributed by atoms with Crippen molar-refractivity contribution >= 4 is 21.6 Å². The summed E-state index contributed by atoms with van der Waals surface area (Å²) in [6.07, 6.45) is 1.59. The van der Waals surface area contributed by atoms with Gasteiger partial charge < -0.3 is 14.8 Å². The van der Waals surface area contributed by atoms with Gasteiger partial charge in [-0.3, -0.25) is 14.1 Å². The molecule has 0 saturated carbocycles. The number of carbonyl (C=O) groups is 1. The third-order valence-electron chi connectivity index (χ3n) is 4.68. The van der Waals surface area contributed by atoms with Crippen molar-refractivity contribution < 1.29 is 27.1 Å². The highest BCUT2D eigenvalue weighted by Crippen LogP contribution is 2.34. The molecule has 0 fully saturated rings. The molecular formula is C22H20FN3O5S. The van der Waals surface area contributed by atoms with E-state index in [2.05, 4.69) is 10.3 Å². The Morgan fingerprint density at radius 1 is 1.03 bits per heavy atom. The van der Waals surface area contributed by atoms with Crippen molar-refractivity contribution in [1.82, 2.24) is 10.3 Å². The van der Waals surface area contributed by atoms with E-state index in [9.17, 15) is 17.6 Å². The van der Waals surface area contributed by atoms with Gasteiger partial charge >= 0.3 is 0 Å². The van der Waals surface area contributed by atoms with Gasteiger partial charge in [-0.2, -0.15) is 0 Å². The predicted octanol–water partition coefficient (Wildman–Crippen LogP) is 2.50. The summed E-state index contributed by atoms with van der Waals surface area (Å²) in [6, 6.07) is 14.5. The summed E-state index contributed by atoms with van der Waals surface area (Å²) in [4.78, 5) is 16.6. The van der Waals surface area contributed by atoms with E-state index in [1.807, 2.05) is 0 Å². The summed E-state index contributed by atoms with van der Waals surface area (Å²) >= 11 is 0. The maximum absolute atomic E-state index is 13.9. The van der Waals surface area contributed by atoms with Gasteiger partial charge in [0.1, 0.15) is 25.6 Å². The summed E-state index contributed by atoms with van der Waals surface area (Å²) in [7, 11) is -4.23. The van der Waals surface area contributed by atoms with Crippen LogP contribution < -0.4 is 19.1 Å². The van der Waals surface area contributed by atoms with Crippen LogP contribution in [0.5, 0.6) is 11.5 Å². The quantitative estimate of drug-likeness (QED) is 0.586. The molecule has 166 valence electrons. The molecular weight excluding hydrogens is 437 g/mol. The molecule has 2 heterocycles. The molecule has 8 nitrogen and oxygen atoms in total. The molecule has 0 unspecified atom stereocenters. The highest BCUT2D eigenvalue weighted by Gasteiger charge is 2.29. The molecule has 0 bridgehead atoms. The van der Waals surface area contributed by atoms with Gasteiger partial charge in [0.05, 0.1) is 22.8 Å². The molecule has 1 aliphatic rings. The zero-order valence-corrected chi connectivity index (χ0v) is 17.7. The van der Waals surface area contributed by atoms with Crippen LogP contribution in [0.4, 0.5) is 10.1 Å². The summed E-state index contributed by atoms with van der Waals surface area (Å²) in [5.41, 5.74) is 0.640. The van der Waals surface area contributed by atoms with Crippen molar-refractivity contribution in [2.75, 3.05) is 24.1 Å². The van der Waals surface area contributed by atoms with Crippen LogP contribution in [0, 0.1) is 5.82 Å². The first-order valence-corrected chi connectivity index (χ1v) is 11.2. The van der Waals surface area contributed by atoms with Crippen molar-refractivity contribution in [3.63, 3.8) is 0 Å². The number of anilines is 1. The number of ether oxygens (including phenoxy) is 2. The van der Waals surface area contributed by atoms with Crippen LogP contribution >= 0.6 is 0 Å². The van der Waals surface area contributed by atoms with E-state index in [1.54, 1.807) is 24.4 Å². The molecule has 32 heavy (non-hydrogen) atoms. The molecule has 0 aliphatic carbocycles. The van der Waals surface area contributed by atoms with Gasteiger partial charge in [0.25, 0.3) is 10.0 Å². The van der Waals surface area contributed by atoms with Gasteiger partial charge in [-0.15, -0.1) is 0 Å². The topological polar surface area (TPSA) is 97.8 Å². The Morgan fingerprint density at radius 3 is 2.59 bits per heavy atom. The van der Waals surface area contributed by atoms with E-state index >= 15 is 0 Å². The number of carbonyl (C=O) groups excluding carboxylic acids is 1. The fourth-order valence-electron chi connectivity index (χ4n) is 3.14. The Bertz CT molecular complexity index is 1220. The number of hydrogen-bond donors (Lipinski definition) is 1. The van der Waals surface area contributed by atoms with Crippen LogP contribution in [0.15, 0.2) is 71.8 Å². The predicted molar refractivity (Wildman–Crippen MR) is 114 cm³/mol. The van der Waals surface area contributed by atoms with Gasteiger partial charge in [0.15, 0.2) is 11.5 Å². The van der Waals surface area contributed by atoms with Crippen molar-refractivity contribution in [2.45, 2.75) is 11.4 Å². The molecule has 1 aromatic heterocycles. The van der Waals surface area contributed by atoms with E-state index in [1.165, 1.54) is 36.4 Å². The number of amides is 1. The summed E-state index contributed by atoms with van der Waals surface area (Å²) in [5, 5.41) is 2.64. The molecule has 3 aromatic rings. The normalized spacial score (nSPS) is 12.8. The standard InChI is InChI=1S/C22H20FN3O5S/c23-16-4-3-6-18(12-16)26(15-22(27)25-14-17-5-1-2-9-24-17)32(28,29)19-7-8-20-21(13-19)31-11-10-30-20/h1-9,12-13H,10-11,14-15H2,(H,25,27). The van der Waals surface area contributed by atoms with Crippen LogP contribution in [0.3, 0.4) is 0 Å². The lowest BCUT2D eigenvalue weighted by Crippen LogP contribution is -2.40. The summed E-state index contributed by atoms with van der Waals surface area (Å²) in [5.74, 6) is -0.475. The molecule has 0 radical (unpaired) electrons. The Labute approximate surface area is 184 Å². The van der Waals surface area contributed by atoms with Crippen LogP contribution in [0.1, 0.15) is 5.69 Å². The van der Waals surface area contributed by atoms with Crippen LogP contribution in [-0.4, -0.2) is 39.1 Å². The molecule has 2 aromatic carbocycles. The average Bonchev–Trinajstić information content (AvgIpc) is 2.81. The number of pyridine rings is 1. The number of aromatic nitrogens is 1. The monoisotopic (exact) mass is 457 g/mol. The first-order chi connectivity index (χ1) is 15.4. The smallest absolute Gasteiger partial charge is 0.264 e. The Morgan fingerprint density at radius 2 is 1.84 bits per heavy atom. The number of hydrogen-bond acceptors (Lipinski definition) is 6. The maximum atomic E-state index is 13.9. The Kier molecular flexibility index (Phi) is 6.22. The fourth-order valence-corrected chi connectivity index (χ4v) is 4.56. The minimum absolute atomic E-state index is 0.0212. The number of nitrogens with zero attached hydrogens (tertiary/aromatic N) is 2. The van der Waals surface area contributed by atoms with E-state index in [4.69, 9.17) is 9.47 Å². The van der Waals surface area contributed by atoms with Gasteiger partial charge in [-0.05, 0) is 42.5 Å². The molecule has 10 heteroatoms.